The van der Waals surface area contributed by atoms with Crippen LogP contribution in [0.1, 0.15) is 38.4 Å². The standard InChI is InChI=1S/C12H17N5O2S/c1-12(2,3)9-8(20-17-15-9)11-14-10(16-19-11)7-6-13-4-5-18-7/h7,13H,4-6H2,1-3H3. The van der Waals surface area contributed by atoms with E-state index in [0.29, 0.717) is 24.9 Å². The van der Waals surface area contributed by atoms with Crippen molar-refractivity contribution in [2.75, 3.05) is 19.7 Å². The van der Waals surface area contributed by atoms with Crippen LogP contribution in [0.2, 0.25) is 0 Å². The van der Waals surface area contributed by atoms with E-state index in [9.17, 15) is 0 Å². The molecule has 1 unspecified atom stereocenters. The molecule has 0 bridgehead atoms. The summed E-state index contributed by atoms with van der Waals surface area (Å²) in [6.45, 7) is 8.46. The molecule has 2 aromatic rings. The van der Waals surface area contributed by atoms with Crippen LogP contribution in [0.15, 0.2) is 4.52 Å². The van der Waals surface area contributed by atoms with Gasteiger partial charge in [-0.05, 0) is 11.5 Å². The highest BCUT2D eigenvalue weighted by atomic mass is 32.1. The molecule has 7 nitrogen and oxygen atoms in total. The summed E-state index contributed by atoms with van der Waals surface area (Å²) in [5.74, 6) is 1.04. The van der Waals surface area contributed by atoms with E-state index in [-0.39, 0.29) is 11.5 Å². The number of hydrogen-bond donors (Lipinski definition) is 1. The summed E-state index contributed by atoms with van der Waals surface area (Å²) >= 11 is 1.28. The van der Waals surface area contributed by atoms with Gasteiger partial charge in [0.15, 0.2) is 0 Å². The van der Waals surface area contributed by atoms with Crippen molar-refractivity contribution in [1.82, 2.24) is 25.0 Å². The summed E-state index contributed by atoms with van der Waals surface area (Å²) in [4.78, 5) is 5.27. The van der Waals surface area contributed by atoms with Crippen molar-refractivity contribution in [3.63, 3.8) is 0 Å². The van der Waals surface area contributed by atoms with Crippen molar-refractivity contribution in [1.29, 1.82) is 0 Å². The molecule has 1 aliphatic heterocycles. The van der Waals surface area contributed by atoms with Gasteiger partial charge in [-0.2, -0.15) is 4.98 Å². The van der Waals surface area contributed by atoms with Crippen molar-refractivity contribution in [2.24, 2.45) is 0 Å². The molecule has 1 aliphatic rings. The van der Waals surface area contributed by atoms with Gasteiger partial charge in [0, 0.05) is 18.5 Å². The molecule has 0 spiro atoms. The molecule has 1 N–H and O–H groups in total. The second-order valence-electron chi connectivity index (χ2n) is 5.72. The molecule has 3 heterocycles. The molecule has 1 fully saturated rings. The van der Waals surface area contributed by atoms with E-state index < -0.39 is 0 Å². The van der Waals surface area contributed by atoms with Gasteiger partial charge in [-0.3, -0.25) is 0 Å². The van der Waals surface area contributed by atoms with Gasteiger partial charge in [0.2, 0.25) is 5.82 Å². The van der Waals surface area contributed by atoms with Crippen LogP contribution in [-0.2, 0) is 10.2 Å². The minimum Gasteiger partial charge on any atom is -0.367 e. The maximum atomic E-state index is 5.62. The van der Waals surface area contributed by atoms with Crippen LogP contribution < -0.4 is 5.32 Å². The molecule has 8 heteroatoms. The van der Waals surface area contributed by atoms with Crippen molar-refractivity contribution in [3.05, 3.63) is 11.5 Å². The third-order valence-corrected chi connectivity index (χ3v) is 3.76. The van der Waals surface area contributed by atoms with Gasteiger partial charge in [0.05, 0.1) is 12.3 Å². The number of nitrogens with zero attached hydrogens (tertiary/aromatic N) is 4. The topological polar surface area (TPSA) is 86.0 Å². The number of ether oxygens (including phenoxy) is 1. The molecule has 2 aromatic heterocycles. The van der Waals surface area contributed by atoms with Crippen LogP contribution >= 0.6 is 11.5 Å². The molecule has 0 aliphatic carbocycles. The first-order chi connectivity index (χ1) is 9.55. The molecular weight excluding hydrogens is 278 g/mol. The molecule has 0 radical (unpaired) electrons. The van der Waals surface area contributed by atoms with Gasteiger partial charge in [-0.15, -0.1) is 5.10 Å². The van der Waals surface area contributed by atoms with Gasteiger partial charge in [-0.1, -0.05) is 30.4 Å². The van der Waals surface area contributed by atoms with Crippen LogP contribution in [-0.4, -0.2) is 39.4 Å². The predicted octanol–water partition coefficient (Wildman–Crippen LogP) is 1.55. The van der Waals surface area contributed by atoms with Crippen LogP contribution in [0.25, 0.3) is 10.8 Å². The second kappa shape index (κ2) is 5.19. The Bertz CT molecular complexity index is 583. The SMILES string of the molecule is CC(C)(C)c1nnsc1-c1nc(C2CNCCO2)no1. The fraction of sp³-hybridized carbons (Fsp3) is 0.667. The molecule has 1 saturated heterocycles. The van der Waals surface area contributed by atoms with Crippen molar-refractivity contribution < 1.29 is 9.26 Å². The van der Waals surface area contributed by atoms with Gasteiger partial charge < -0.3 is 14.6 Å². The predicted molar refractivity (Wildman–Crippen MR) is 73.5 cm³/mol. The van der Waals surface area contributed by atoms with E-state index in [4.69, 9.17) is 9.26 Å². The lowest BCUT2D eigenvalue weighted by Crippen LogP contribution is -2.33. The zero-order valence-electron chi connectivity index (χ0n) is 11.7. The molecule has 0 saturated carbocycles. The summed E-state index contributed by atoms with van der Waals surface area (Å²) in [5, 5.41) is 11.4. The lowest BCUT2D eigenvalue weighted by Gasteiger charge is -2.20. The number of nitrogens with one attached hydrogen (secondary N) is 1. The Labute approximate surface area is 120 Å². The zero-order valence-corrected chi connectivity index (χ0v) is 12.5. The Morgan fingerprint density at radius 2 is 2.20 bits per heavy atom. The normalized spacial score (nSPS) is 20.2. The first kappa shape index (κ1) is 13.6. The smallest absolute Gasteiger partial charge is 0.271 e. The van der Waals surface area contributed by atoms with E-state index in [0.717, 1.165) is 17.1 Å². The molecule has 1 atom stereocenters. The molecule has 0 amide bonds. The maximum absolute atomic E-state index is 5.62. The molecule has 108 valence electrons. The number of morpholine rings is 1. The Kier molecular flexibility index (Phi) is 3.53. The number of rotatable bonds is 2. The Balaban J connectivity index is 1.88. The highest BCUT2D eigenvalue weighted by molar-refractivity contribution is 7.09. The average Bonchev–Trinajstić information content (AvgIpc) is 3.08. The van der Waals surface area contributed by atoms with E-state index in [2.05, 4.69) is 45.8 Å². The first-order valence-corrected chi connectivity index (χ1v) is 7.32. The zero-order chi connectivity index (χ0) is 14.2. The summed E-state index contributed by atoms with van der Waals surface area (Å²) in [6, 6.07) is 0. The van der Waals surface area contributed by atoms with Crippen LogP contribution in [0.5, 0.6) is 0 Å². The van der Waals surface area contributed by atoms with Gasteiger partial charge in [0.25, 0.3) is 5.89 Å². The summed E-state index contributed by atoms with van der Waals surface area (Å²) < 4.78 is 15.0. The molecule has 3 rings (SSSR count). The first-order valence-electron chi connectivity index (χ1n) is 6.55. The quantitative estimate of drug-likeness (QED) is 0.899. The lowest BCUT2D eigenvalue weighted by molar-refractivity contribution is 0.0208. The van der Waals surface area contributed by atoms with E-state index in [1.54, 1.807) is 0 Å². The van der Waals surface area contributed by atoms with Crippen LogP contribution in [0, 0.1) is 0 Å². The fourth-order valence-electron chi connectivity index (χ4n) is 2.01. The summed E-state index contributed by atoms with van der Waals surface area (Å²) in [7, 11) is 0. The Morgan fingerprint density at radius 1 is 1.35 bits per heavy atom. The van der Waals surface area contributed by atoms with Crippen molar-refractivity contribution in [3.8, 4) is 10.8 Å². The van der Waals surface area contributed by atoms with Gasteiger partial charge in [-0.25, -0.2) is 0 Å². The molecular formula is C12H17N5O2S. The summed E-state index contributed by atoms with van der Waals surface area (Å²) in [6.07, 6.45) is -0.153. The van der Waals surface area contributed by atoms with Crippen molar-refractivity contribution in [2.45, 2.75) is 32.3 Å². The maximum Gasteiger partial charge on any atom is 0.271 e. The van der Waals surface area contributed by atoms with Crippen LogP contribution in [0.3, 0.4) is 0 Å². The van der Waals surface area contributed by atoms with E-state index in [1.807, 2.05) is 0 Å². The third kappa shape index (κ3) is 2.58. The van der Waals surface area contributed by atoms with Crippen LogP contribution in [0.4, 0.5) is 0 Å². The Hall–Kier alpha value is -1.38. The minimum atomic E-state index is -0.153. The number of aromatic nitrogens is 4. The highest BCUT2D eigenvalue weighted by Crippen LogP contribution is 2.33. The fourth-order valence-corrected chi connectivity index (χ4v) is 2.81. The summed E-state index contributed by atoms with van der Waals surface area (Å²) in [5.41, 5.74) is 0.764. The second-order valence-corrected chi connectivity index (χ2v) is 6.48. The molecule has 20 heavy (non-hydrogen) atoms. The third-order valence-electron chi connectivity index (χ3n) is 3.05. The van der Waals surface area contributed by atoms with E-state index >= 15 is 0 Å². The highest BCUT2D eigenvalue weighted by Gasteiger charge is 2.28. The molecule has 0 aromatic carbocycles. The lowest BCUT2D eigenvalue weighted by atomic mass is 9.91. The Morgan fingerprint density at radius 3 is 2.90 bits per heavy atom. The largest absolute Gasteiger partial charge is 0.367 e. The number of hydrogen-bond acceptors (Lipinski definition) is 8. The van der Waals surface area contributed by atoms with Gasteiger partial charge >= 0.3 is 0 Å². The average molecular weight is 295 g/mol. The van der Waals surface area contributed by atoms with Gasteiger partial charge in [0.1, 0.15) is 11.0 Å². The monoisotopic (exact) mass is 295 g/mol. The minimum absolute atomic E-state index is 0.111. The van der Waals surface area contributed by atoms with Crippen molar-refractivity contribution >= 4 is 11.5 Å². The van der Waals surface area contributed by atoms with E-state index in [1.165, 1.54) is 11.5 Å².